The van der Waals surface area contributed by atoms with Gasteiger partial charge in [0.15, 0.2) is 0 Å². The monoisotopic (exact) mass is 275 g/mol. The molecular weight excluding hydrogens is 258 g/mol. The maximum absolute atomic E-state index is 12.4. The molecule has 1 fully saturated rings. The quantitative estimate of drug-likeness (QED) is 0.836. The number of esters is 1. The first-order chi connectivity index (χ1) is 9.43. The van der Waals surface area contributed by atoms with Crippen LogP contribution in [0.25, 0.3) is 0 Å². The molecule has 3 rings (SSSR count). The summed E-state index contributed by atoms with van der Waals surface area (Å²) in [6.07, 6.45) is 0.362. The zero-order valence-corrected chi connectivity index (χ0v) is 11.7. The molecule has 1 N–H and O–H groups in total. The molecule has 0 unspecified atom stereocenters. The van der Waals surface area contributed by atoms with E-state index in [1.54, 1.807) is 7.11 Å². The van der Waals surface area contributed by atoms with Crippen molar-refractivity contribution in [2.24, 2.45) is 0 Å². The van der Waals surface area contributed by atoms with Crippen molar-refractivity contribution in [3.8, 4) is 0 Å². The molecule has 106 valence electrons. The summed E-state index contributed by atoms with van der Waals surface area (Å²) < 4.78 is 11.0. The van der Waals surface area contributed by atoms with Crippen LogP contribution < -0.4 is 5.32 Å². The van der Waals surface area contributed by atoms with Gasteiger partial charge in [-0.2, -0.15) is 0 Å². The summed E-state index contributed by atoms with van der Waals surface area (Å²) in [5, 5.41) is 2.83. The SMILES string of the molecule is CO[C@@]1(C)C[C@@]2(OC(C)=O)C(=O)Nc3ccccc3[C@@H]12. The van der Waals surface area contributed by atoms with Gasteiger partial charge in [0, 0.05) is 26.1 Å². The lowest BCUT2D eigenvalue weighted by Gasteiger charge is -2.60. The van der Waals surface area contributed by atoms with Crippen LogP contribution in [-0.2, 0) is 19.1 Å². The molecule has 20 heavy (non-hydrogen) atoms. The van der Waals surface area contributed by atoms with Crippen molar-refractivity contribution in [2.45, 2.75) is 37.4 Å². The molecule has 3 atom stereocenters. The second-order valence-electron chi connectivity index (χ2n) is 5.65. The van der Waals surface area contributed by atoms with E-state index in [9.17, 15) is 9.59 Å². The number of rotatable bonds is 2. The molecular formula is C15H17NO4. The molecule has 0 spiro atoms. The van der Waals surface area contributed by atoms with Gasteiger partial charge in [0.25, 0.3) is 5.91 Å². The number of para-hydroxylation sites is 1. The van der Waals surface area contributed by atoms with Crippen LogP contribution in [0.5, 0.6) is 0 Å². The standard InChI is InChI=1S/C15H17NO4/c1-9(17)20-15-8-14(2,19-3)12(15)10-6-4-5-7-11(10)16-13(15)18/h4-7,12H,8H2,1-3H3,(H,16,18)/t12-,14-,15-/m0/s1. The van der Waals surface area contributed by atoms with Gasteiger partial charge in [-0.05, 0) is 18.6 Å². The predicted molar refractivity (Wildman–Crippen MR) is 72.3 cm³/mol. The topological polar surface area (TPSA) is 64.6 Å². The first-order valence-corrected chi connectivity index (χ1v) is 6.58. The Kier molecular flexibility index (Phi) is 2.66. The fourth-order valence-electron chi connectivity index (χ4n) is 3.56. The van der Waals surface area contributed by atoms with Gasteiger partial charge in [0.2, 0.25) is 5.60 Å². The molecule has 1 aliphatic carbocycles. The normalized spacial score (nSPS) is 34.4. The van der Waals surface area contributed by atoms with Gasteiger partial charge < -0.3 is 14.8 Å². The highest BCUT2D eigenvalue weighted by Crippen LogP contribution is 2.60. The fourth-order valence-corrected chi connectivity index (χ4v) is 3.56. The van der Waals surface area contributed by atoms with E-state index >= 15 is 0 Å². The third-order valence-electron chi connectivity index (χ3n) is 4.39. The zero-order chi connectivity index (χ0) is 14.5. The van der Waals surface area contributed by atoms with Crippen molar-refractivity contribution in [3.05, 3.63) is 29.8 Å². The van der Waals surface area contributed by atoms with Gasteiger partial charge >= 0.3 is 5.97 Å². The second kappa shape index (κ2) is 4.06. The van der Waals surface area contributed by atoms with Crippen molar-refractivity contribution in [2.75, 3.05) is 12.4 Å². The Morgan fingerprint density at radius 3 is 2.75 bits per heavy atom. The largest absolute Gasteiger partial charge is 0.448 e. The average Bonchev–Trinajstić information content (AvgIpc) is 2.38. The minimum atomic E-state index is -1.15. The van der Waals surface area contributed by atoms with E-state index in [0.717, 1.165) is 11.3 Å². The highest BCUT2D eigenvalue weighted by Gasteiger charge is 2.70. The molecule has 0 radical (unpaired) electrons. The summed E-state index contributed by atoms with van der Waals surface area (Å²) in [4.78, 5) is 23.8. The number of methoxy groups -OCH3 is 1. The van der Waals surface area contributed by atoms with Gasteiger partial charge in [-0.1, -0.05) is 18.2 Å². The Labute approximate surface area is 117 Å². The minimum Gasteiger partial charge on any atom is -0.448 e. The molecule has 5 nitrogen and oxygen atoms in total. The number of hydrogen-bond donors (Lipinski definition) is 1. The Hall–Kier alpha value is -1.88. The van der Waals surface area contributed by atoms with Crippen LogP contribution in [-0.4, -0.2) is 30.2 Å². The minimum absolute atomic E-state index is 0.272. The van der Waals surface area contributed by atoms with Gasteiger partial charge in [0.1, 0.15) is 0 Å². The molecule has 1 saturated carbocycles. The van der Waals surface area contributed by atoms with Crippen LogP contribution in [0, 0.1) is 0 Å². The number of amides is 1. The number of benzene rings is 1. The summed E-state index contributed by atoms with van der Waals surface area (Å²) in [7, 11) is 1.62. The van der Waals surface area contributed by atoms with Gasteiger partial charge in [-0.15, -0.1) is 0 Å². The number of anilines is 1. The molecule has 1 aliphatic heterocycles. The molecule has 2 aliphatic rings. The van der Waals surface area contributed by atoms with E-state index in [4.69, 9.17) is 9.47 Å². The molecule has 0 bridgehead atoms. The molecule has 1 aromatic carbocycles. The first kappa shape index (κ1) is 13.1. The molecule has 1 amide bonds. The lowest BCUT2D eigenvalue weighted by atomic mass is 9.54. The van der Waals surface area contributed by atoms with Crippen LogP contribution in [0.2, 0.25) is 0 Å². The summed E-state index contributed by atoms with van der Waals surface area (Å²) in [6, 6.07) is 7.55. The van der Waals surface area contributed by atoms with Crippen molar-refractivity contribution in [1.82, 2.24) is 0 Å². The molecule has 0 saturated heterocycles. The van der Waals surface area contributed by atoms with Crippen LogP contribution in [0.1, 0.15) is 31.7 Å². The number of carbonyl (C=O) groups excluding carboxylic acids is 2. The van der Waals surface area contributed by atoms with Crippen LogP contribution in [0.15, 0.2) is 24.3 Å². The third kappa shape index (κ3) is 1.53. The smallest absolute Gasteiger partial charge is 0.303 e. The van der Waals surface area contributed by atoms with E-state index in [1.165, 1.54) is 6.92 Å². The Bertz CT molecular complexity index is 599. The first-order valence-electron chi connectivity index (χ1n) is 6.58. The van der Waals surface area contributed by atoms with Crippen molar-refractivity contribution < 1.29 is 19.1 Å². The molecule has 1 aromatic rings. The van der Waals surface area contributed by atoms with E-state index < -0.39 is 17.2 Å². The van der Waals surface area contributed by atoms with E-state index in [2.05, 4.69) is 5.32 Å². The van der Waals surface area contributed by atoms with Crippen LogP contribution in [0.4, 0.5) is 5.69 Å². The van der Waals surface area contributed by atoms with Gasteiger partial charge in [-0.3, -0.25) is 9.59 Å². The van der Waals surface area contributed by atoms with E-state index in [0.29, 0.717) is 6.42 Å². The predicted octanol–water partition coefficient (Wildman–Crippen LogP) is 1.83. The summed E-state index contributed by atoms with van der Waals surface area (Å²) in [6.45, 7) is 3.26. The van der Waals surface area contributed by atoms with Crippen LogP contribution in [0.3, 0.4) is 0 Å². The van der Waals surface area contributed by atoms with Crippen molar-refractivity contribution in [1.29, 1.82) is 0 Å². The van der Waals surface area contributed by atoms with E-state index in [1.807, 2.05) is 31.2 Å². The highest BCUT2D eigenvalue weighted by molar-refractivity contribution is 6.04. The van der Waals surface area contributed by atoms with Crippen molar-refractivity contribution in [3.63, 3.8) is 0 Å². The molecule has 0 aromatic heterocycles. The van der Waals surface area contributed by atoms with Crippen LogP contribution >= 0.6 is 0 Å². The fraction of sp³-hybridized carbons (Fsp3) is 0.467. The van der Waals surface area contributed by atoms with Gasteiger partial charge in [-0.25, -0.2) is 0 Å². The second-order valence-corrected chi connectivity index (χ2v) is 5.65. The number of carbonyl (C=O) groups is 2. The highest BCUT2D eigenvalue weighted by atomic mass is 16.6. The number of ether oxygens (including phenoxy) is 2. The van der Waals surface area contributed by atoms with E-state index in [-0.39, 0.29) is 11.8 Å². The molecule has 1 heterocycles. The Morgan fingerprint density at radius 1 is 1.40 bits per heavy atom. The Morgan fingerprint density at radius 2 is 2.10 bits per heavy atom. The third-order valence-corrected chi connectivity index (χ3v) is 4.39. The Balaban J connectivity index is 2.13. The number of hydrogen-bond acceptors (Lipinski definition) is 4. The number of nitrogens with one attached hydrogen (secondary N) is 1. The van der Waals surface area contributed by atoms with Gasteiger partial charge in [0.05, 0.1) is 11.5 Å². The molecule has 5 heteroatoms. The summed E-state index contributed by atoms with van der Waals surface area (Å²) >= 11 is 0. The maximum Gasteiger partial charge on any atom is 0.303 e. The lowest BCUT2D eigenvalue weighted by Crippen LogP contribution is -2.71. The lowest BCUT2D eigenvalue weighted by molar-refractivity contribution is -0.224. The summed E-state index contributed by atoms with van der Waals surface area (Å²) in [5.41, 5.74) is 0.0473. The summed E-state index contributed by atoms with van der Waals surface area (Å²) in [5.74, 6) is -1.01. The maximum atomic E-state index is 12.4. The average molecular weight is 275 g/mol. The zero-order valence-electron chi connectivity index (χ0n) is 11.7. The van der Waals surface area contributed by atoms with Crippen molar-refractivity contribution >= 4 is 17.6 Å². The number of fused-ring (bicyclic) bond motifs is 3.